The first kappa shape index (κ1) is 13.0. The molecule has 0 fully saturated rings. The second kappa shape index (κ2) is 5.94. The summed E-state index contributed by atoms with van der Waals surface area (Å²) in [6.45, 7) is 2.72. The Hall–Kier alpha value is -2.44. The maximum Gasteiger partial charge on any atom is 0.243 e. The number of hydrogen-bond acceptors (Lipinski definition) is 5. The summed E-state index contributed by atoms with van der Waals surface area (Å²) in [7, 11) is 0. The van der Waals surface area contributed by atoms with E-state index in [0.717, 1.165) is 12.0 Å². The molecular weight excluding hydrogens is 244 g/mol. The molecule has 19 heavy (non-hydrogen) atoms. The first-order valence-electron chi connectivity index (χ1n) is 6.09. The van der Waals surface area contributed by atoms with Gasteiger partial charge in [0.1, 0.15) is 6.54 Å². The highest BCUT2D eigenvalue weighted by atomic mass is 16.2. The van der Waals surface area contributed by atoms with Gasteiger partial charge in [-0.25, -0.2) is 0 Å². The molecule has 7 heteroatoms. The molecule has 1 aromatic carbocycles. The van der Waals surface area contributed by atoms with Gasteiger partial charge in [-0.3, -0.25) is 4.79 Å². The van der Waals surface area contributed by atoms with Crippen LogP contribution in [-0.4, -0.2) is 32.7 Å². The summed E-state index contributed by atoms with van der Waals surface area (Å²) < 4.78 is 0. The van der Waals surface area contributed by atoms with Gasteiger partial charge in [-0.1, -0.05) is 6.92 Å². The number of aromatic nitrogens is 4. The van der Waals surface area contributed by atoms with E-state index in [4.69, 9.17) is 5.73 Å². The molecule has 0 radical (unpaired) electrons. The van der Waals surface area contributed by atoms with Crippen molar-refractivity contribution in [2.75, 3.05) is 12.3 Å². The van der Waals surface area contributed by atoms with Crippen molar-refractivity contribution < 1.29 is 4.79 Å². The van der Waals surface area contributed by atoms with Crippen molar-refractivity contribution in [3.63, 3.8) is 0 Å². The molecule has 0 atom stereocenters. The molecule has 0 saturated heterocycles. The van der Waals surface area contributed by atoms with Crippen molar-refractivity contribution in [3.05, 3.63) is 24.3 Å². The van der Waals surface area contributed by atoms with E-state index in [-0.39, 0.29) is 12.5 Å². The molecule has 0 spiro atoms. The number of nitrogens with zero attached hydrogens (tertiary/aromatic N) is 4. The Bertz CT molecular complexity index is 548. The maximum absolute atomic E-state index is 11.5. The molecule has 1 heterocycles. The lowest BCUT2D eigenvalue weighted by atomic mass is 10.2. The lowest BCUT2D eigenvalue weighted by Gasteiger charge is -2.01. The second-order valence-corrected chi connectivity index (χ2v) is 4.12. The summed E-state index contributed by atoms with van der Waals surface area (Å²) in [5, 5.41) is 14.7. The summed E-state index contributed by atoms with van der Waals surface area (Å²) in [6.07, 6.45) is 0.896. The summed E-state index contributed by atoms with van der Waals surface area (Å²) in [5.41, 5.74) is 7.10. The van der Waals surface area contributed by atoms with Crippen LogP contribution in [0.15, 0.2) is 24.3 Å². The normalized spacial score (nSPS) is 10.4. The van der Waals surface area contributed by atoms with Gasteiger partial charge in [0.15, 0.2) is 0 Å². The summed E-state index contributed by atoms with van der Waals surface area (Å²) in [5.74, 6) is 0.353. The van der Waals surface area contributed by atoms with Crippen LogP contribution in [0.2, 0.25) is 0 Å². The zero-order chi connectivity index (χ0) is 13.7. The van der Waals surface area contributed by atoms with Gasteiger partial charge in [-0.2, -0.15) is 4.80 Å². The Kier molecular flexibility index (Phi) is 4.07. The lowest BCUT2D eigenvalue weighted by Crippen LogP contribution is -2.29. The number of carbonyl (C=O) groups is 1. The fourth-order valence-corrected chi connectivity index (χ4v) is 1.51. The summed E-state index contributed by atoms with van der Waals surface area (Å²) in [4.78, 5) is 12.8. The van der Waals surface area contributed by atoms with E-state index in [1.165, 1.54) is 4.80 Å². The molecule has 7 nitrogen and oxygen atoms in total. The van der Waals surface area contributed by atoms with E-state index in [0.29, 0.717) is 18.1 Å². The number of hydrogen-bond donors (Lipinski definition) is 2. The van der Waals surface area contributed by atoms with Crippen molar-refractivity contribution in [1.82, 2.24) is 25.5 Å². The predicted molar refractivity (Wildman–Crippen MR) is 71.0 cm³/mol. The average molecular weight is 260 g/mol. The van der Waals surface area contributed by atoms with Crippen LogP contribution >= 0.6 is 0 Å². The highest BCUT2D eigenvalue weighted by molar-refractivity contribution is 5.75. The SMILES string of the molecule is CCCNC(=O)Cn1nnc(-c2ccc(N)cc2)n1. The van der Waals surface area contributed by atoms with E-state index in [1.807, 2.05) is 19.1 Å². The van der Waals surface area contributed by atoms with Crippen molar-refractivity contribution in [2.24, 2.45) is 0 Å². The highest BCUT2D eigenvalue weighted by Gasteiger charge is 2.08. The van der Waals surface area contributed by atoms with E-state index < -0.39 is 0 Å². The van der Waals surface area contributed by atoms with Crippen LogP contribution in [0.4, 0.5) is 5.69 Å². The summed E-state index contributed by atoms with van der Waals surface area (Å²) in [6, 6.07) is 7.16. The Morgan fingerprint density at radius 3 is 2.79 bits per heavy atom. The van der Waals surface area contributed by atoms with Crippen LogP contribution in [0.1, 0.15) is 13.3 Å². The van der Waals surface area contributed by atoms with Crippen LogP contribution in [0.5, 0.6) is 0 Å². The number of anilines is 1. The highest BCUT2D eigenvalue weighted by Crippen LogP contribution is 2.14. The number of nitrogens with one attached hydrogen (secondary N) is 1. The minimum absolute atomic E-state index is 0.0714. The van der Waals surface area contributed by atoms with Gasteiger partial charge >= 0.3 is 0 Å². The van der Waals surface area contributed by atoms with Crippen molar-refractivity contribution in [1.29, 1.82) is 0 Å². The zero-order valence-electron chi connectivity index (χ0n) is 10.7. The van der Waals surface area contributed by atoms with Crippen LogP contribution in [0, 0.1) is 0 Å². The minimum Gasteiger partial charge on any atom is -0.399 e. The van der Waals surface area contributed by atoms with Gasteiger partial charge < -0.3 is 11.1 Å². The molecule has 0 aliphatic rings. The maximum atomic E-state index is 11.5. The quantitative estimate of drug-likeness (QED) is 0.760. The molecule has 0 aliphatic heterocycles. The second-order valence-electron chi connectivity index (χ2n) is 4.12. The first-order chi connectivity index (χ1) is 9.19. The third-order valence-electron chi connectivity index (χ3n) is 2.48. The molecule has 2 rings (SSSR count). The Labute approximate surface area is 110 Å². The van der Waals surface area contributed by atoms with Gasteiger partial charge in [0.2, 0.25) is 11.7 Å². The number of nitrogens with two attached hydrogens (primary N) is 1. The number of amides is 1. The molecule has 1 aromatic heterocycles. The molecule has 1 amide bonds. The zero-order valence-corrected chi connectivity index (χ0v) is 10.7. The lowest BCUT2D eigenvalue weighted by molar-refractivity contribution is -0.122. The molecule has 2 aromatic rings. The van der Waals surface area contributed by atoms with Crippen molar-refractivity contribution >= 4 is 11.6 Å². The third kappa shape index (κ3) is 3.51. The van der Waals surface area contributed by atoms with Crippen LogP contribution in [0.25, 0.3) is 11.4 Å². The van der Waals surface area contributed by atoms with Gasteiger partial charge in [-0.15, -0.1) is 10.2 Å². The standard InChI is InChI=1S/C12H16N6O/c1-2-7-14-11(19)8-18-16-12(15-17-18)9-3-5-10(13)6-4-9/h3-6H,2,7-8,13H2,1H3,(H,14,19). The van der Waals surface area contributed by atoms with E-state index in [9.17, 15) is 4.79 Å². The molecule has 0 aliphatic carbocycles. The topological polar surface area (TPSA) is 98.7 Å². The monoisotopic (exact) mass is 260 g/mol. The Balaban J connectivity index is 2.02. The minimum atomic E-state index is -0.122. The smallest absolute Gasteiger partial charge is 0.243 e. The third-order valence-corrected chi connectivity index (χ3v) is 2.48. The van der Waals surface area contributed by atoms with Gasteiger partial charge in [0.25, 0.3) is 0 Å². The summed E-state index contributed by atoms with van der Waals surface area (Å²) >= 11 is 0. The average Bonchev–Trinajstić information content (AvgIpc) is 2.85. The molecule has 0 bridgehead atoms. The van der Waals surface area contributed by atoms with Crippen LogP contribution in [0.3, 0.4) is 0 Å². The van der Waals surface area contributed by atoms with Gasteiger partial charge in [0.05, 0.1) is 0 Å². The number of tetrazole rings is 1. The van der Waals surface area contributed by atoms with E-state index in [1.54, 1.807) is 12.1 Å². The number of carbonyl (C=O) groups excluding carboxylic acids is 1. The molecule has 0 saturated carbocycles. The van der Waals surface area contributed by atoms with Gasteiger partial charge in [0, 0.05) is 17.8 Å². The van der Waals surface area contributed by atoms with E-state index in [2.05, 4.69) is 20.7 Å². The fraction of sp³-hybridized carbons (Fsp3) is 0.333. The Morgan fingerprint density at radius 2 is 2.11 bits per heavy atom. The first-order valence-corrected chi connectivity index (χ1v) is 6.09. The number of benzene rings is 1. The number of nitrogen functional groups attached to an aromatic ring is 1. The predicted octanol–water partition coefficient (Wildman–Crippen LogP) is 0.448. The molecular formula is C12H16N6O. The van der Waals surface area contributed by atoms with Gasteiger partial charge in [-0.05, 0) is 35.9 Å². The van der Waals surface area contributed by atoms with Crippen LogP contribution in [-0.2, 0) is 11.3 Å². The van der Waals surface area contributed by atoms with E-state index >= 15 is 0 Å². The fourth-order valence-electron chi connectivity index (χ4n) is 1.51. The molecule has 3 N–H and O–H groups in total. The van der Waals surface area contributed by atoms with Crippen molar-refractivity contribution in [2.45, 2.75) is 19.9 Å². The Morgan fingerprint density at radius 1 is 1.37 bits per heavy atom. The van der Waals surface area contributed by atoms with Crippen LogP contribution < -0.4 is 11.1 Å². The molecule has 0 unspecified atom stereocenters. The largest absolute Gasteiger partial charge is 0.399 e. The number of rotatable bonds is 5. The van der Waals surface area contributed by atoms with Crippen molar-refractivity contribution in [3.8, 4) is 11.4 Å². The molecule has 100 valence electrons.